The highest BCUT2D eigenvalue weighted by atomic mass is 16.5. The van der Waals surface area contributed by atoms with Crippen molar-refractivity contribution in [3.63, 3.8) is 0 Å². The van der Waals surface area contributed by atoms with E-state index in [1.165, 1.54) is 16.8 Å². The second kappa shape index (κ2) is 5.52. The number of anilines is 1. The zero-order chi connectivity index (χ0) is 12.3. The molecule has 1 heterocycles. The van der Waals surface area contributed by atoms with Gasteiger partial charge in [0.15, 0.2) is 0 Å². The van der Waals surface area contributed by atoms with Crippen molar-refractivity contribution in [3.8, 4) is 0 Å². The molecule has 1 aliphatic heterocycles. The summed E-state index contributed by atoms with van der Waals surface area (Å²) in [6.07, 6.45) is 1.12. The Morgan fingerprint density at radius 2 is 2.29 bits per heavy atom. The van der Waals surface area contributed by atoms with E-state index in [-0.39, 0.29) is 0 Å². The Labute approximate surface area is 104 Å². The van der Waals surface area contributed by atoms with Crippen molar-refractivity contribution in [2.75, 3.05) is 24.7 Å². The number of rotatable bonds is 3. The molecule has 1 saturated heterocycles. The quantitative estimate of drug-likeness (QED) is 0.870. The van der Waals surface area contributed by atoms with Gasteiger partial charge >= 0.3 is 0 Å². The summed E-state index contributed by atoms with van der Waals surface area (Å²) in [5.74, 6) is 0. The molecule has 0 aliphatic carbocycles. The molecule has 0 radical (unpaired) electrons. The summed E-state index contributed by atoms with van der Waals surface area (Å²) in [7, 11) is 0. The second-order valence-corrected chi connectivity index (χ2v) is 4.66. The van der Waals surface area contributed by atoms with Crippen molar-refractivity contribution in [2.45, 2.75) is 32.9 Å². The fourth-order valence-electron chi connectivity index (χ4n) is 2.48. The Morgan fingerprint density at radius 3 is 2.94 bits per heavy atom. The molecular formula is C14H22N2O. The third-order valence-electron chi connectivity index (χ3n) is 3.51. The molecule has 3 nitrogen and oxygen atoms in total. The lowest BCUT2D eigenvalue weighted by Crippen LogP contribution is -2.45. The standard InChI is InChI=1S/C14H22N2O/c1-3-13-10-17-7-6-16(13)14-5-4-12(9-15)8-11(14)2/h4-5,8,13H,3,6-7,9-10,15H2,1-2H3. The van der Waals surface area contributed by atoms with Gasteiger partial charge in [-0.3, -0.25) is 0 Å². The highest BCUT2D eigenvalue weighted by Crippen LogP contribution is 2.25. The van der Waals surface area contributed by atoms with Crippen molar-refractivity contribution in [1.29, 1.82) is 0 Å². The van der Waals surface area contributed by atoms with E-state index in [1.807, 2.05) is 0 Å². The predicted molar refractivity (Wildman–Crippen MR) is 71.3 cm³/mol. The number of ether oxygens (including phenoxy) is 1. The van der Waals surface area contributed by atoms with Gasteiger partial charge in [0.05, 0.1) is 19.3 Å². The van der Waals surface area contributed by atoms with E-state index in [2.05, 4.69) is 36.9 Å². The molecule has 3 heteroatoms. The van der Waals surface area contributed by atoms with E-state index in [4.69, 9.17) is 10.5 Å². The van der Waals surface area contributed by atoms with Crippen LogP contribution in [0.2, 0.25) is 0 Å². The Bertz CT molecular complexity index is 378. The molecule has 17 heavy (non-hydrogen) atoms. The Morgan fingerprint density at radius 1 is 1.47 bits per heavy atom. The lowest BCUT2D eigenvalue weighted by atomic mass is 10.1. The number of hydrogen-bond acceptors (Lipinski definition) is 3. The van der Waals surface area contributed by atoms with Crippen molar-refractivity contribution in [3.05, 3.63) is 29.3 Å². The Kier molecular flexibility index (Phi) is 4.02. The minimum atomic E-state index is 0.506. The molecule has 2 N–H and O–H groups in total. The number of morpholine rings is 1. The van der Waals surface area contributed by atoms with Gasteiger partial charge in [0.1, 0.15) is 0 Å². The van der Waals surface area contributed by atoms with Crippen LogP contribution in [0.5, 0.6) is 0 Å². The van der Waals surface area contributed by atoms with Gasteiger partial charge in [-0.1, -0.05) is 19.1 Å². The van der Waals surface area contributed by atoms with Gasteiger partial charge in [-0.2, -0.15) is 0 Å². The smallest absolute Gasteiger partial charge is 0.0670 e. The number of hydrogen-bond donors (Lipinski definition) is 1. The molecule has 0 amide bonds. The first-order valence-corrected chi connectivity index (χ1v) is 6.40. The average molecular weight is 234 g/mol. The van der Waals surface area contributed by atoms with Gasteiger partial charge in [0.25, 0.3) is 0 Å². The van der Waals surface area contributed by atoms with Crippen molar-refractivity contribution in [1.82, 2.24) is 0 Å². The van der Waals surface area contributed by atoms with Crippen LogP contribution in [0.1, 0.15) is 24.5 Å². The summed E-state index contributed by atoms with van der Waals surface area (Å²) in [4.78, 5) is 2.47. The first kappa shape index (κ1) is 12.4. The zero-order valence-corrected chi connectivity index (χ0v) is 10.8. The molecular weight excluding hydrogens is 212 g/mol. The molecule has 1 aliphatic rings. The fourth-order valence-corrected chi connectivity index (χ4v) is 2.48. The molecule has 0 spiro atoms. The Hall–Kier alpha value is -1.06. The summed E-state index contributed by atoms with van der Waals surface area (Å²) in [6, 6.07) is 7.03. The van der Waals surface area contributed by atoms with Crippen LogP contribution in [0, 0.1) is 6.92 Å². The van der Waals surface area contributed by atoms with Crippen molar-refractivity contribution in [2.24, 2.45) is 5.73 Å². The summed E-state index contributed by atoms with van der Waals surface area (Å²) < 4.78 is 5.55. The maximum absolute atomic E-state index is 5.67. The van der Waals surface area contributed by atoms with E-state index >= 15 is 0 Å². The van der Waals surface area contributed by atoms with E-state index < -0.39 is 0 Å². The van der Waals surface area contributed by atoms with Crippen LogP contribution in [0.15, 0.2) is 18.2 Å². The fraction of sp³-hybridized carbons (Fsp3) is 0.571. The summed E-state index contributed by atoms with van der Waals surface area (Å²) >= 11 is 0. The Balaban J connectivity index is 2.25. The predicted octanol–water partition coefficient (Wildman–Crippen LogP) is 2.07. The third kappa shape index (κ3) is 2.61. The largest absolute Gasteiger partial charge is 0.377 e. The van der Waals surface area contributed by atoms with Gasteiger partial charge in [-0.15, -0.1) is 0 Å². The SMILES string of the molecule is CCC1COCCN1c1ccc(CN)cc1C. The molecule has 2 rings (SSSR count). The molecule has 1 aromatic rings. The summed E-state index contributed by atoms with van der Waals surface area (Å²) in [5, 5.41) is 0. The third-order valence-corrected chi connectivity index (χ3v) is 3.51. The van der Waals surface area contributed by atoms with Crippen LogP contribution in [0.25, 0.3) is 0 Å². The molecule has 1 unspecified atom stereocenters. The molecule has 0 aromatic heterocycles. The van der Waals surface area contributed by atoms with Gasteiger partial charge in [0.2, 0.25) is 0 Å². The summed E-state index contributed by atoms with van der Waals surface area (Å²) in [5.41, 5.74) is 9.51. The zero-order valence-electron chi connectivity index (χ0n) is 10.8. The van der Waals surface area contributed by atoms with Crippen LogP contribution >= 0.6 is 0 Å². The van der Waals surface area contributed by atoms with Gasteiger partial charge in [-0.05, 0) is 30.5 Å². The van der Waals surface area contributed by atoms with Crippen molar-refractivity contribution >= 4 is 5.69 Å². The molecule has 1 fully saturated rings. The molecule has 0 saturated carbocycles. The lowest BCUT2D eigenvalue weighted by molar-refractivity contribution is 0.0929. The van der Waals surface area contributed by atoms with Crippen LogP contribution in [0.3, 0.4) is 0 Å². The maximum Gasteiger partial charge on any atom is 0.0670 e. The molecule has 94 valence electrons. The molecule has 1 aromatic carbocycles. The van der Waals surface area contributed by atoms with Crippen molar-refractivity contribution < 1.29 is 4.74 Å². The summed E-state index contributed by atoms with van der Waals surface area (Å²) in [6.45, 7) is 7.65. The molecule has 1 atom stereocenters. The number of nitrogens with zero attached hydrogens (tertiary/aromatic N) is 1. The lowest BCUT2D eigenvalue weighted by Gasteiger charge is -2.38. The van der Waals surface area contributed by atoms with Gasteiger partial charge in [-0.25, -0.2) is 0 Å². The topological polar surface area (TPSA) is 38.5 Å². The minimum absolute atomic E-state index is 0.506. The van der Waals surface area contributed by atoms with E-state index in [0.717, 1.165) is 26.2 Å². The van der Waals surface area contributed by atoms with Gasteiger partial charge in [0, 0.05) is 18.8 Å². The second-order valence-electron chi connectivity index (χ2n) is 4.66. The van der Waals surface area contributed by atoms with Crippen LogP contribution < -0.4 is 10.6 Å². The first-order chi connectivity index (χ1) is 8.26. The van der Waals surface area contributed by atoms with E-state index in [1.54, 1.807) is 0 Å². The maximum atomic E-state index is 5.67. The minimum Gasteiger partial charge on any atom is -0.377 e. The average Bonchev–Trinajstić information content (AvgIpc) is 2.38. The normalized spacial score (nSPS) is 20.6. The van der Waals surface area contributed by atoms with Gasteiger partial charge < -0.3 is 15.4 Å². The first-order valence-electron chi connectivity index (χ1n) is 6.40. The van der Waals surface area contributed by atoms with E-state index in [9.17, 15) is 0 Å². The van der Waals surface area contributed by atoms with Crippen LogP contribution in [-0.2, 0) is 11.3 Å². The van der Waals surface area contributed by atoms with Crippen LogP contribution in [0.4, 0.5) is 5.69 Å². The molecule has 0 bridgehead atoms. The highest BCUT2D eigenvalue weighted by molar-refractivity contribution is 5.55. The monoisotopic (exact) mass is 234 g/mol. The van der Waals surface area contributed by atoms with E-state index in [0.29, 0.717) is 12.6 Å². The van der Waals surface area contributed by atoms with Crippen LogP contribution in [-0.4, -0.2) is 25.8 Å². The number of nitrogens with two attached hydrogens (primary N) is 1. The number of aryl methyl sites for hydroxylation is 1. The highest BCUT2D eigenvalue weighted by Gasteiger charge is 2.22. The number of benzene rings is 1.